The molecule has 0 bridgehead atoms. The van der Waals surface area contributed by atoms with Gasteiger partial charge in [-0.2, -0.15) is 4.98 Å². The predicted octanol–water partition coefficient (Wildman–Crippen LogP) is 2.27. The lowest BCUT2D eigenvalue weighted by Gasteiger charge is -2.22. The van der Waals surface area contributed by atoms with E-state index in [1.165, 1.54) is 16.5 Å². The van der Waals surface area contributed by atoms with Gasteiger partial charge in [0.05, 0.1) is 17.7 Å². The summed E-state index contributed by atoms with van der Waals surface area (Å²) in [6, 6.07) is 8.43. The maximum atomic E-state index is 11.9. The van der Waals surface area contributed by atoms with Gasteiger partial charge in [-0.05, 0) is 25.0 Å². The lowest BCUT2D eigenvalue weighted by atomic mass is 10.00. The van der Waals surface area contributed by atoms with E-state index in [4.69, 9.17) is 0 Å². The van der Waals surface area contributed by atoms with E-state index >= 15 is 0 Å². The van der Waals surface area contributed by atoms with Gasteiger partial charge in [-0.3, -0.25) is 4.79 Å². The zero-order chi connectivity index (χ0) is 13.9. The normalized spacial score (nSPS) is 13.3. The fraction of sp³-hybridized carbons (Fsp3) is 0.250. The molecule has 100 valence electrons. The summed E-state index contributed by atoms with van der Waals surface area (Å²) < 4.78 is 4.29. The van der Waals surface area contributed by atoms with Crippen LogP contribution in [0.15, 0.2) is 35.4 Å². The molecular formula is C16H15N3O. The number of aryl methyl sites for hydroxylation is 3. The summed E-state index contributed by atoms with van der Waals surface area (Å²) in [6.07, 6.45) is 2.65. The van der Waals surface area contributed by atoms with Gasteiger partial charge in [-0.1, -0.05) is 18.2 Å². The van der Waals surface area contributed by atoms with Gasteiger partial charge in [0.1, 0.15) is 0 Å². The molecular weight excluding hydrogens is 250 g/mol. The number of rotatable bonds is 0. The Hall–Kier alpha value is -2.36. The number of nitrogens with zero attached hydrogens (tertiary/aromatic N) is 3. The maximum absolute atomic E-state index is 11.9. The molecule has 1 aliphatic heterocycles. The molecule has 20 heavy (non-hydrogen) atoms. The summed E-state index contributed by atoms with van der Waals surface area (Å²) in [5.41, 5.74) is 5.35. The number of benzene rings is 1. The van der Waals surface area contributed by atoms with Crippen molar-refractivity contribution in [3.63, 3.8) is 0 Å². The second-order valence-corrected chi connectivity index (χ2v) is 5.37. The van der Waals surface area contributed by atoms with Crippen molar-refractivity contribution in [1.82, 2.24) is 14.1 Å². The van der Waals surface area contributed by atoms with E-state index in [-0.39, 0.29) is 5.56 Å². The molecule has 3 heterocycles. The highest BCUT2D eigenvalue weighted by Crippen LogP contribution is 2.36. The minimum absolute atomic E-state index is 0.130. The molecule has 0 amide bonds. The van der Waals surface area contributed by atoms with Crippen LogP contribution in [-0.4, -0.2) is 14.1 Å². The quantitative estimate of drug-likeness (QED) is 0.625. The Morgan fingerprint density at radius 2 is 2.00 bits per heavy atom. The maximum Gasteiger partial charge on any atom is 0.276 e. The minimum atomic E-state index is -0.130. The average Bonchev–Trinajstić information content (AvgIpc) is 2.77. The molecule has 4 rings (SSSR count). The van der Waals surface area contributed by atoms with Gasteiger partial charge in [-0.15, -0.1) is 0 Å². The molecule has 2 aromatic heterocycles. The zero-order valence-electron chi connectivity index (χ0n) is 11.6. The molecule has 3 aromatic rings. The van der Waals surface area contributed by atoms with Crippen LogP contribution in [0.3, 0.4) is 0 Å². The molecule has 1 aliphatic rings. The number of para-hydroxylation sites is 1. The van der Waals surface area contributed by atoms with Gasteiger partial charge in [0.2, 0.25) is 0 Å². The number of aromatic nitrogens is 3. The molecule has 0 N–H and O–H groups in total. The third kappa shape index (κ3) is 1.31. The van der Waals surface area contributed by atoms with E-state index in [9.17, 15) is 4.79 Å². The Morgan fingerprint density at radius 1 is 1.20 bits per heavy atom. The molecule has 0 fully saturated rings. The first-order chi connectivity index (χ1) is 9.68. The predicted molar refractivity (Wildman–Crippen MR) is 78.9 cm³/mol. The van der Waals surface area contributed by atoms with Gasteiger partial charge < -0.3 is 9.13 Å². The van der Waals surface area contributed by atoms with E-state index in [1.807, 2.05) is 6.92 Å². The molecule has 0 saturated heterocycles. The minimum Gasteiger partial charge on any atom is -0.342 e. The summed E-state index contributed by atoms with van der Waals surface area (Å²) in [7, 11) is 2.07. The smallest absolute Gasteiger partial charge is 0.276 e. The van der Waals surface area contributed by atoms with Crippen LogP contribution in [0.2, 0.25) is 0 Å². The number of hydrogen-bond acceptors (Lipinski definition) is 2. The Labute approximate surface area is 116 Å². The van der Waals surface area contributed by atoms with Crippen LogP contribution in [0.5, 0.6) is 0 Å². The van der Waals surface area contributed by atoms with Gasteiger partial charge in [0, 0.05) is 30.1 Å². The fourth-order valence-corrected chi connectivity index (χ4v) is 3.34. The van der Waals surface area contributed by atoms with E-state index in [2.05, 4.69) is 45.4 Å². The molecule has 1 aromatic carbocycles. The summed E-state index contributed by atoms with van der Waals surface area (Å²) in [6.45, 7) is 2.75. The standard InChI is InChI=1S/C16H15N3O/c1-10-14-15-12(7-8-19(14)9-17-16(10)20)11-5-3-4-6-13(11)18(15)2/h3-6,9H,7-8H2,1-2H3. The second kappa shape index (κ2) is 3.82. The van der Waals surface area contributed by atoms with Crippen molar-refractivity contribution in [2.75, 3.05) is 0 Å². The van der Waals surface area contributed by atoms with Crippen LogP contribution in [0.25, 0.3) is 22.3 Å². The largest absolute Gasteiger partial charge is 0.342 e. The molecule has 0 atom stereocenters. The highest BCUT2D eigenvalue weighted by atomic mass is 16.1. The third-order valence-corrected chi connectivity index (χ3v) is 4.32. The zero-order valence-corrected chi connectivity index (χ0v) is 11.6. The summed E-state index contributed by atoms with van der Waals surface area (Å²) in [5.74, 6) is 0. The summed E-state index contributed by atoms with van der Waals surface area (Å²) in [4.78, 5) is 15.8. The Morgan fingerprint density at radius 3 is 2.85 bits per heavy atom. The fourth-order valence-electron chi connectivity index (χ4n) is 3.34. The van der Waals surface area contributed by atoms with Crippen LogP contribution in [0.4, 0.5) is 0 Å². The van der Waals surface area contributed by atoms with Crippen molar-refractivity contribution < 1.29 is 0 Å². The van der Waals surface area contributed by atoms with Gasteiger partial charge in [0.25, 0.3) is 5.56 Å². The first kappa shape index (κ1) is 11.5. The summed E-state index contributed by atoms with van der Waals surface area (Å²) in [5, 5.41) is 1.29. The van der Waals surface area contributed by atoms with E-state index in [1.54, 1.807) is 6.33 Å². The molecule has 0 radical (unpaired) electrons. The Kier molecular flexibility index (Phi) is 2.19. The lowest BCUT2D eigenvalue weighted by Crippen LogP contribution is -2.22. The molecule has 0 spiro atoms. The van der Waals surface area contributed by atoms with Crippen LogP contribution >= 0.6 is 0 Å². The van der Waals surface area contributed by atoms with Crippen LogP contribution < -0.4 is 5.56 Å². The average molecular weight is 265 g/mol. The second-order valence-electron chi connectivity index (χ2n) is 5.37. The van der Waals surface area contributed by atoms with E-state index in [0.29, 0.717) is 0 Å². The molecule has 4 nitrogen and oxygen atoms in total. The van der Waals surface area contributed by atoms with Crippen LogP contribution in [0, 0.1) is 6.92 Å². The number of fused-ring (bicyclic) bond motifs is 5. The van der Waals surface area contributed by atoms with Gasteiger partial charge in [-0.25, -0.2) is 0 Å². The molecule has 4 heteroatoms. The lowest BCUT2D eigenvalue weighted by molar-refractivity contribution is 0.653. The van der Waals surface area contributed by atoms with E-state index in [0.717, 1.165) is 29.9 Å². The molecule has 0 unspecified atom stereocenters. The van der Waals surface area contributed by atoms with Crippen molar-refractivity contribution in [3.05, 3.63) is 52.1 Å². The first-order valence-electron chi connectivity index (χ1n) is 6.81. The molecule has 0 aliphatic carbocycles. The van der Waals surface area contributed by atoms with Crippen molar-refractivity contribution in [2.24, 2.45) is 7.05 Å². The Bertz CT molecular complexity index is 902. The molecule has 0 saturated carbocycles. The van der Waals surface area contributed by atoms with Crippen molar-refractivity contribution in [2.45, 2.75) is 19.9 Å². The summed E-state index contributed by atoms with van der Waals surface area (Å²) >= 11 is 0. The van der Waals surface area contributed by atoms with Crippen LogP contribution in [0.1, 0.15) is 11.1 Å². The van der Waals surface area contributed by atoms with E-state index < -0.39 is 0 Å². The van der Waals surface area contributed by atoms with Crippen molar-refractivity contribution >= 4 is 10.9 Å². The highest BCUT2D eigenvalue weighted by Gasteiger charge is 2.24. The van der Waals surface area contributed by atoms with Gasteiger partial charge >= 0.3 is 0 Å². The topological polar surface area (TPSA) is 39.8 Å². The van der Waals surface area contributed by atoms with Crippen molar-refractivity contribution in [1.29, 1.82) is 0 Å². The van der Waals surface area contributed by atoms with Crippen molar-refractivity contribution in [3.8, 4) is 11.4 Å². The highest BCUT2D eigenvalue weighted by molar-refractivity contribution is 5.92. The van der Waals surface area contributed by atoms with Gasteiger partial charge in [0.15, 0.2) is 0 Å². The van der Waals surface area contributed by atoms with Crippen LogP contribution in [-0.2, 0) is 20.0 Å². The first-order valence-corrected chi connectivity index (χ1v) is 6.81. The SMILES string of the molecule is Cc1c2n(cnc1=O)CCc1c-2n(C)c2ccccc12. The third-order valence-electron chi connectivity index (χ3n) is 4.32. The number of hydrogen-bond donors (Lipinski definition) is 0. The Balaban J connectivity index is 2.20. The monoisotopic (exact) mass is 265 g/mol.